The third kappa shape index (κ3) is 2.46. The number of benzene rings is 1. The molecule has 1 aliphatic heterocycles. The average molecular weight is 294 g/mol. The number of nitrogens with zero attached hydrogens (tertiary/aromatic N) is 1. The first-order valence-corrected chi connectivity index (χ1v) is 7.03. The molecule has 0 radical (unpaired) electrons. The molecule has 0 spiro atoms. The monoisotopic (exact) mass is 294 g/mol. The van der Waals surface area contributed by atoms with E-state index in [0.29, 0.717) is 32.2 Å². The van der Waals surface area contributed by atoms with E-state index in [2.05, 4.69) is 0 Å². The lowest BCUT2D eigenvalue weighted by molar-refractivity contribution is -0.143. The second-order valence-corrected chi connectivity index (χ2v) is 5.34. The van der Waals surface area contributed by atoms with Crippen molar-refractivity contribution in [3.05, 3.63) is 29.6 Å². The molecule has 21 heavy (non-hydrogen) atoms. The van der Waals surface area contributed by atoms with Crippen molar-refractivity contribution in [3.63, 3.8) is 0 Å². The Morgan fingerprint density at radius 3 is 2.76 bits per heavy atom. The molecule has 1 aromatic rings. The zero-order valence-corrected chi connectivity index (χ0v) is 11.9. The number of carboxylic acid groups (broad SMARTS) is 1. The van der Waals surface area contributed by atoms with Crippen LogP contribution >= 0.6 is 0 Å². The fraction of sp³-hybridized carbons (Fsp3) is 0.467. The third-order valence-electron chi connectivity index (χ3n) is 4.08. The van der Waals surface area contributed by atoms with E-state index < -0.39 is 23.2 Å². The molecule has 1 amide bonds. The van der Waals surface area contributed by atoms with Gasteiger partial charge < -0.3 is 15.7 Å². The summed E-state index contributed by atoms with van der Waals surface area (Å²) in [6.45, 7) is 2.37. The van der Waals surface area contributed by atoms with Gasteiger partial charge in [-0.05, 0) is 31.4 Å². The largest absolute Gasteiger partial charge is 0.479 e. The van der Waals surface area contributed by atoms with Gasteiger partial charge in [0.1, 0.15) is 11.4 Å². The Morgan fingerprint density at radius 1 is 1.48 bits per heavy atom. The minimum Gasteiger partial charge on any atom is -0.479 e. The van der Waals surface area contributed by atoms with Gasteiger partial charge in [0, 0.05) is 6.54 Å². The van der Waals surface area contributed by atoms with Crippen molar-refractivity contribution in [2.24, 2.45) is 5.73 Å². The molecule has 1 aliphatic rings. The smallest absolute Gasteiger partial charge is 0.329 e. The van der Waals surface area contributed by atoms with Crippen LogP contribution in [0.3, 0.4) is 0 Å². The van der Waals surface area contributed by atoms with Crippen molar-refractivity contribution >= 4 is 17.6 Å². The summed E-state index contributed by atoms with van der Waals surface area (Å²) in [4.78, 5) is 25.0. The number of hydrogen-bond acceptors (Lipinski definition) is 3. The van der Waals surface area contributed by atoms with Gasteiger partial charge in [0.25, 0.3) is 5.91 Å². The summed E-state index contributed by atoms with van der Waals surface area (Å²) in [7, 11) is 0. The molecular formula is C15H19FN2O3. The molecule has 0 saturated carbocycles. The number of aliphatic carboxylic acids is 1. The lowest BCUT2D eigenvalue weighted by Crippen LogP contribution is -2.51. The Hall–Kier alpha value is -2.11. The number of carbonyl (C=O) groups is 2. The van der Waals surface area contributed by atoms with E-state index in [9.17, 15) is 19.1 Å². The third-order valence-corrected chi connectivity index (χ3v) is 4.08. The van der Waals surface area contributed by atoms with Crippen molar-refractivity contribution in [2.75, 3.05) is 11.4 Å². The van der Waals surface area contributed by atoms with Crippen LogP contribution in [0.1, 0.15) is 43.0 Å². The molecule has 3 N–H and O–H groups in total. The van der Waals surface area contributed by atoms with E-state index in [4.69, 9.17) is 5.73 Å². The Kier molecular flexibility index (Phi) is 4.16. The Bertz CT molecular complexity index is 576. The van der Waals surface area contributed by atoms with Crippen molar-refractivity contribution in [3.8, 4) is 0 Å². The Morgan fingerprint density at radius 2 is 2.19 bits per heavy atom. The van der Waals surface area contributed by atoms with Crippen LogP contribution in [-0.2, 0) is 4.79 Å². The van der Waals surface area contributed by atoms with Crippen LogP contribution < -0.4 is 10.6 Å². The SMILES string of the molecule is CCCC1(C(=O)O)CCCN1c1cccc(F)c1C(N)=O. The van der Waals surface area contributed by atoms with Crippen LogP contribution in [0.5, 0.6) is 0 Å². The summed E-state index contributed by atoms with van der Waals surface area (Å²) >= 11 is 0. The molecule has 114 valence electrons. The number of halogens is 1. The lowest BCUT2D eigenvalue weighted by atomic mass is 9.90. The lowest BCUT2D eigenvalue weighted by Gasteiger charge is -2.37. The fourth-order valence-electron chi connectivity index (χ4n) is 3.21. The predicted octanol–water partition coefficient (Wildman–Crippen LogP) is 2.15. The van der Waals surface area contributed by atoms with Gasteiger partial charge in [-0.25, -0.2) is 9.18 Å². The minimum absolute atomic E-state index is 0.235. The number of amides is 1. The predicted molar refractivity (Wildman–Crippen MR) is 76.8 cm³/mol. The highest BCUT2D eigenvalue weighted by Crippen LogP contribution is 2.39. The van der Waals surface area contributed by atoms with Crippen molar-refractivity contribution in [1.29, 1.82) is 0 Å². The molecule has 0 aromatic heterocycles. The van der Waals surface area contributed by atoms with Gasteiger partial charge in [0.15, 0.2) is 0 Å². The summed E-state index contributed by atoms with van der Waals surface area (Å²) in [6, 6.07) is 4.18. The standard InChI is InChI=1S/C15H19FN2O3/c1-2-7-15(14(20)21)8-4-9-18(15)11-6-3-5-10(16)12(11)13(17)19/h3,5-6H,2,4,7-9H2,1H3,(H2,17,19)(H,20,21). The maximum atomic E-state index is 13.9. The molecule has 1 aromatic carbocycles. The van der Waals surface area contributed by atoms with Gasteiger partial charge in [-0.1, -0.05) is 19.4 Å². The van der Waals surface area contributed by atoms with E-state index >= 15 is 0 Å². The number of hydrogen-bond donors (Lipinski definition) is 2. The number of carboxylic acids is 1. The van der Waals surface area contributed by atoms with Crippen molar-refractivity contribution in [1.82, 2.24) is 0 Å². The molecule has 0 bridgehead atoms. The second kappa shape index (κ2) is 5.71. The summed E-state index contributed by atoms with van der Waals surface area (Å²) in [5, 5.41) is 9.67. The molecule has 1 saturated heterocycles. The Balaban J connectivity index is 2.57. The number of carbonyl (C=O) groups excluding carboxylic acids is 1. The quantitative estimate of drug-likeness (QED) is 0.871. The number of primary amides is 1. The molecule has 1 fully saturated rings. The first-order chi connectivity index (χ1) is 9.94. The van der Waals surface area contributed by atoms with E-state index in [1.807, 2.05) is 6.92 Å². The molecule has 1 heterocycles. The van der Waals surface area contributed by atoms with E-state index in [1.165, 1.54) is 6.07 Å². The molecule has 2 rings (SSSR count). The number of nitrogens with two attached hydrogens (primary N) is 1. The molecule has 6 heteroatoms. The van der Waals surface area contributed by atoms with E-state index in [0.717, 1.165) is 6.07 Å². The molecule has 0 aliphatic carbocycles. The van der Waals surface area contributed by atoms with Gasteiger partial charge in [0.05, 0.1) is 11.3 Å². The maximum absolute atomic E-state index is 13.9. The first-order valence-electron chi connectivity index (χ1n) is 7.03. The van der Waals surface area contributed by atoms with Gasteiger partial charge in [-0.3, -0.25) is 4.79 Å². The van der Waals surface area contributed by atoms with Crippen molar-refractivity contribution in [2.45, 2.75) is 38.1 Å². The zero-order valence-electron chi connectivity index (χ0n) is 11.9. The van der Waals surface area contributed by atoms with Crippen LogP contribution in [0.2, 0.25) is 0 Å². The number of rotatable bonds is 5. The highest BCUT2D eigenvalue weighted by molar-refractivity contribution is 6.00. The van der Waals surface area contributed by atoms with Gasteiger partial charge >= 0.3 is 5.97 Å². The van der Waals surface area contributed by atoms with Crippen LogP contribution in [0.15, 0.2) is 18.2 Å². The van der Waals surface area contributed by atoms with Gasteiger partial charge in [-0.2, -0.15) is 0 Å². The topological polar surface area (TPSA) is 83.6 Å². The molecule has 5 nitrogen and oxygen atoms in total. The van der Waals surface area contributed by atoms with Crippen LogP contribution in [-0.4, -0.2) is 29.1 Å². The average Bonchev–Trinajstić information content (AvgIpc) is 2.83. The number of anilines is 1. The summed E-state index contributed by atoms with van der Waals surface area (Å²) in [5.74, 6) is -2.55. The highest BCUT2D eigenvalue weighted by atomic mass is 19.1. The second-order valence-electron chi connectivity index (χ2n) is 5.34. The molecule has 1 atom stereocenters. The summed E-state index contributed by atoms with van der Waals surface area (Å²) in [5.41, 5.74) is 4.22. The summed E-state index contributed by atoms with van der Waals surface area (Å²) < 4.78 is 13.9. The van der Waals surface area contributed by atoms with Crippen LogP contribution in [0.4, 0.5) is 10.1 Å². The van der Waals surface area contributed by atoms with Crippen molar-refractivity contribution < 1.29 is 19.1 Å². The maximum Gasteiger partial charge on any atom is 0.329 e. The Labute approximate surface area is 122 Å². The van der Waals surface area contributed by atoms with Crippen LogP contribution in [0, 0.1) is 5.82 Å². The summed E-state index contributed by atoms with van der Waals surface area (Å²) in [6.07, 6.45) is 2.28. The van der Waals surface area contributed by atoms with Gasteiger partial charge in [-0.15, -0.1) is 0 Å². The van der Waals surface area contributed by atoms with Gasteiger partial charge in [0.2, 0.25) is 0 Å². The van der Waals surface area contributed by atoms with Crippen LogP contribution in [0.25, 0.3) is 0 Å². The molecular weight excluding hydrogens is 275 g/mol. The van der Waals surface area contributed by atoms with E-state index in [1.54, 1.807) is 11.0 Å². The first kappa shape index (κ1) is 15.3. The normalized spacial score (nSPS) is 21.5. The molecule has 1 unspecified atom stereocenters. The highest BCUT2D eigenvalue weighted by Gasteiger charge is 2.48. The zero-order chi connectivity index (χ0) is 15.6. The minimum atomic E-state index is -1.09. The fourth-order valence-corrected chi connectivity index (χ4v) is 3.21. The van der Waals surface area contributed by atoms with E-state index in [-0.39, 0.29) is 11.3 Å².